The molecule has 144 valence electrons. The number of aromatic amines is 1. The fraction of sp³-hybridized carbons (Fsp3) is 0.737. The van der Waals surface area contributed by atoms with Crippen molar-refractivity contribution in [3.63, 3.8) is 0 Å². The summed E-state index contributed by atoms with van der Waals surface area (Å²) >= 11 is 0. The molecule has 1 amide bonds. The average molecular weight is 354 g/mol. The van der Waals surface area contributed by atoms with Crippen LogP contribution >= 0.6 is 0 Å². The number of primary amides is 1. The van der Waals surface area contributed by atoms with E-state index < -0.39 is 18.1 Å². The van der Waals surface area contributed by atoms with Gasteiger partial charge in [0, 0.05) is 6.20 Å². The smallest absolute Gasteiger partial charge is 0.265 e. The van der Waals surface area contributed by atoms with Crippen LogP contribution in [-0.4, -0.2) is 45.0 Å². The molecule has 0 aliphatic carbocycles. The predicted octanol–water partition coefficient (Wildman–Crippen LogP) is 2.15. The Morgan fingerprint density at radius 3 is 2.40 bits per heavy atom. The number of hydrogen-bond donors (Lipinski definition) is 5. The molecule has 0 saturated heterocycles. The number of hydrogen-bond acceptors (Lipinski definition) is 4. The van der Waals surface area contributed by atoms with Crippen LogP contribution in [0.3, 0.4) is 0 Å². The maximum absolute atomic E-state index is 11.3. The minimum absolute atomic E-state index is 0.0551. The van der Waals surface area contributed by atoms with Gasteiger partial charge in [0.1, 0.15) is 5.69 Å². The summed E-state index contributed by atoms with van der Waals surface area (Å²) in [6, 6.07) is 1.76. The van der Waals surface area contributed by atoms with E-state index in [9.17, 15) is 15.0 Å². The van der Waals surface area contributed by atoms with E-state index >= 15 is 0 Å². The Labute approximate surface area is 150 Å². The summed E-state index contributed by atoms with van der Waals surface area (Å²) in [7, 11) is 0. The standard InChI is InChI=1S/C19H34N2O4/c1-5-13(14-8-16(18(20)25)21-10-14)9-17(24)19(4,6-2)12(3)7-15(23)11-22/h8,10,12-13,15,17,21-24H,5-7,9,11H2,1-4H3,(H2,20,25). The Balaban J connectivity index is 2.89. The molecule has 1 heterocycles. The van der Waals surface area contributed by atoms with Gasteiger partial charge in [0.2, 0.25) is 0 Å². The van der Waals surface area contributed by atoms with Crippen LogP contribution in [0.1, 0.15) is 75.3 Å². The van der Waals surface area contributed by atoms with Gasteiger partial charge in [-0.3, -0.25) is 4.79 Å². The van der Waals surface area contributed by atoms with E-state index in [-0.39, 0.29) is 23.9 Å². The second-order valence-corrected chi connectivity index (χ2v) is 7.40. The third-order valence-corrected chi connectivity index (χ3v) is 5.93. The van der Waals surface area contributed by atoms with E-state index in [1.807, 2.05) is 20.8 Å². The van der Waals surface area contributed by atoms with Crippen LogP contribution in [0.15, 0.2) is 12.3 Å². The first kappa shape index (κ1) is 21.7. The lowest BCUT2D eigenvalue weighted by Gasteiger charge is -2.41. The largest absolute Gasteiger partial charge is 0.394 e. The van der Waals surface area contributed by atoms with Crippen molar-refractivity contribution in [2.24, 2.45) is 17.1 Å². The molecular weight excluding hydrogens is 320 g/mol. The van der Waals surface area contributed by atoms with E-state index in [1.54, 1.807) is 12.3 Å². The lowest BCUT2D eigenvalue weighted by molar-refractivity contribution is -0.0352. The predicted molar refractivity (Wildman–Crippen MR) is 98.2 cm³/mol. The average Bonchev–Trinajstić information content (AvgIpc) is 3.08. The molecule has 0 saturated carbocycles. The van der Waals surface area contributed by atoms with Crippen molar-refractivity contribution in [1.29, 1.82) is 0 Å². The minimum Gasteiger partial charge on any atom is -0.394 e. The second kappa shape index (κ2) is 9.36. The first-order valence-corrected chi connectivity index (χ1v) is 9.14. The van der Waals surface area contributed by atoms with E-state index in [0.717, 1.165) is 18.4 Å². The fourth-order valence-corrected chi connectivity index (χ4v) is 3.53. The molecule has 1 aromatic rings. The maximum Gasteiger partial charge on any atom is 0.265 e. The lowest BCUT2D eigenvalue weighted by atomic mass is 9.67. The Kier molecular flexibility index (Phi) is 8.12. The first-order chi connectivity index (χ1) is 11.7. The molecule has 1 rings (SSSR count). The Bertz CT molecular complexity index is 545. The highest BCUT2D eigenvalue weighted by Gasteiger charge is 2.38. The number of nitrogens with two attached hydrogens (primary N) is 1. The van der Waals surface area contributed by atoms with Gasteiger partial charge in [0.05, 0.1) is 18.8 Å². The van der Waals surface area contributed by atoms with Gasteiger partial charge in [0.25, 0.3) is 5.91 Å². The molecule has 6 heteroatoms. The zero-order valence-corrected chi connectivity index (χ0v) is 15.8. The van der Waals surface area contributed by atoms with Gasteiger partial charge in [0.15, 0.2) is 0 Å². The highest BCUT2D eigenvalue weighted by molar-refractivity contribution is 5.91. The summed E-state index contributed by atoms with van der Waals surface area (Å²) < 4.78 is 0. The van der Waals surface area contributed by atoms with Gasteiger partial charge >= 0.3 is 0 Å². The van der Waals surface area contributed by atoms with Gasteiger partial charge in [-0.25, -0.2) is 0 Å². The Morgan fingerprint density at radius 2 is 1.96 bits per heavy atom. The van der Waals surface area contributed by atoms with E-state index in [0.29, 0.717) is 18.5 Å². The molecule has 1 aromatic heterocycles. The number of aliphatic hydroxyl groups excluding tert-OH is 3. The topological polar surface area (TPSA) is 120 Å². The van der Waals surface area contributed by atoms with Crippen LogP contribution in [0.4, 0.5) is 0 Å². The summed E-state index contributed by atoms with van der Waals surface area (Å²) in [4.78, 5) is 14.2. The number of carbonyl (C=O) groups excluding carboxylic acids is 1. The van der Waals surface area contributed by atoms with Crippen LogP contribution in [0.25, 0.3) is 0 Å². The monoisotopic (exact) mass is 354 g/mol. The van der Waals surface area contributed by atoms with E-state index in [1.165, 1.54) is 0 Å². The molecule has 0 aliphatic rings. The van der Waals surface area contributed by atoms with E-state index in [2.05, 4.69) is 11.9 Å². The SMILES string of the molecule is CCC(CC(O)C(C)(CC)C(C)CC(O)CO)c1c[nH]c(C(N)=O)c1. The number of H-pyrrole nitrogens is 1. The van der Waals surface area contributed by atoms with E-state index in [4.69, 9.17) is 10.8 Å². The minimum atomic E-state index is -0.766. The number of aliphatic hydroxyl groups is 3. The lowest BCUT2D eigenvalue weighted by Crippen LogP contribution is -2.40. The van der Waals surface area contributed by atoms with Gasteiger partial charge in [-0.05, 0) is 54.6 Å². The third-order valence-electron chi connectivity index (χ3n) is 5.93. The van der Waals surface area contributed by atoms with Crippen molar-refractivity contribution in [3.05, 3.63) is 23.5 Å². The molecule has 25 heavy (non-hydrogen) atoms. The van der Waals surface area contributed by atoms with Gasteiger partial charge in [-0.15, -0.1) is 0 Å². The molecule has 6 nitrogen and oxygen atoms in total. The number of nitrogens with one attached hydrogen (secondary N) is 1. The summed E-state index contributed by atoms with van der Waals surface area (Å²) in [5, 5.41) is 29.8. The molecule has 0 aromatic carbocycles. The molecule has 0 bridgehead atoms. The summed E-state index contributed by atoms with van der Waals surface area (Å²) in [5.74, 6) is -0.327. The van der Waals surface area contributed by atoms with Crippen LogP contribution in [-0.2, 0) is 0 Å². The van der Waals surface area contributed by atoms with Crippen molar-refractivity contribution in [2.75, 3.05) is 6.61 Å². The van der Waals surface area contributed by atoms with Crippen molar-refractivity contribution in [3.8, 4) is 0 Å². The highest BCUT2D eigenvalue weighted by atomic mass is 16.3. The zero-order valence-electron chi connectivity index (χ0n) is 15.8. The summed E-state index contributed by atoms with van der Waals surface area (Å²) in [6.45, 7) is 7.86. The molecule has 5 atom stereocenters. The van der Waals surface area contributed by atoms with Crippen molar-refractivity contribution in [1.82, 2.24) is 4.98 Å². The maximum atomic E-state index is 11.3. The Hall–Kier alpha value is -1.37. The van der Waals surface area contributed by atoms with Crippen molar-refractivity contribution >= 4 is 5.91 Å². The number of carbonyl (C=O) groups is 1. The number of rotatable bonds is 11. The summed E-state index contributed by atoms with van der Waals surface area (Å²) in [5.41, 5.74) is 6.27. The fourth-order valence-electron chi connectivity index (χ4n) is 3.53. The van der Waals surface area contributed by atoms with Crippen LogP contribution in [0, 0.1) is 11.3 Å². The summed E-state index contributed by atoms with van der Waals surface area (Å²) in [6.07, 6.45) is 3.07. The molecule has 0 fully saturated rings. The highest BCUT2D eigenvalue weighted by Crippen LogP contribution is 2.41. The number of amides is 1. The van der Waals surface area contributed by atoms with Crippen LogP contribution in [0.5, 0.6) is 0 Å². The molecule has 6 N–H and O–H groups in total. The molecule has 0 aliphatic heterocycles. The van der Waals surface area contributed by atoms with Crippen molar-refractivity contribution in [2.45, 2.75) is 71.5 Å². The molecule has 0 spiro atoms. The van der Waals surface area contributed by atoms with Crippen molar-refractivity contribution < 1.29 is 20.1 Å². The molecular formula is C19H34N2O4. The van der Waals surface area contributed by atoms with Gasteiger partial charge < -0.3 is 26.0 Å². The normalized spacial score (nSPS) is 19.0. The first-order valence-electron chi connectivity index (χ1n) is 9.14. The second-order valence-electron chi connectivity index (χ2n) is 7.40. The number of aromatic nitrogens is 1. The molecule has 5 unspecified atom stereocenters. The molecule has 0 radical (unpaired) electrons. The van der Waals surface area contributed by atoms with Crippen LogP contribution in [0.2, 0.25) is 0 Å². The van der Waals surface area contributed by atoms with Gasteiger partial charge in [-0.1, -0.05) is 27.7 Å². The van der Waals surface area contributed by atoms with Gasteiger partial charge in [-0.2, -0.15) is 0 Å². The quantitative estimate of drug-likeness (QED) is 0.418. The zero-order chi connectivity index (χ0) is 19.2. The third kappa shape index (κ3) is 5.30. The Morgan fingerprint density at radius 1 is 1.32 bits per heavy atom. The van der Waals surface area contributed by atoms with Crippen LogP contribution < -0.4 is 5.73 Å².